The fourth-order valence-electron chi connectivity index (χ4n) is 1.85. The molecule has 0 spiro atoms. The molecular weight excluding hydrogens is 144 g/mol. The normalized spacial score (nSPS) is 39.5. The van der Waals surface area contributed by atoms with Gasteiger partial charge in [0.25, 0.3) is 0 Å². The number of hydrogen-bond donors (Lipinski definition) is 1. The molecule has 2 rings (SSSR count). The monoisotopic (exact) mass is 152 g/mol. The van der Waals surface area contributed by atoms with Crippen molar-refractivity contribution in [1.29, 1.82) is 5.26 Å². The lowest BCUT2D eigenvalue weighted by Gasteiger charge is -2.17. The van der Waals surface area contributed by atoms with Gasteiger partial charge in [0.05, 0.1) is 6.07 Å². The molecule has 0 aromatic carbocycles. The summed E-state index contributed by atoms with van der Waals surface area (Å²) in [6.07, 6.45) is 0.763. The Morgan fingerprint density at radius 3 is 2.82 bits per heavy atom. The summed E-state index contributed by atoms with van der Waals surface area (Å²) >= 11 is 0. The Bertz CT molecular complexity index is 245. The molecule has 1 saturated heterocycles. The maximum Gasteiger partial charge on any atom is 0.408 e. The summed E-state index contributed by atoms with van der Waals surface area (Å²) < 4.78 is 0. The molecule has 3 unspecified atom stereocenters. The molecule has 58 valence electrons. The zero-order valence-electron chi connectivity index (χ0n) is 5.90. The van der Waals surface area contributed by atoms with Crippen molar-refractivity contribution in [2.24, 2.45) is 5.92 Å². The molecule has 0 bridgehead atoms. The van der Waals surface area contributed by atoms with Gasteiger partial charge < -0.3 is 5.11 Å². The average molecular weight is 152 g/mol. The van der Waals surface area contributed by atoms with Crippen molar-refractivity contribution in [2.75, 3.05) is 0 Å². The van der Waals surface area contributed by atoms with Gasteiger partial charge in [-0.1, -0.05) is 0 Å². The van der Waals surface area contributed by atoms with Gasteiger partial charge in [0.1, 0.15) is 6.04 Å². The summed E-state index contributed by atoms with van der Waals surface area (Å²) in [5, 5.41) is 17.3. The van der Waals surface area contributed by atoms with E-state index in [0.29, 0.717) is 5.92 Å². The number of carboxylic acid groups (broad SMARTS) is 1. The number of hydrogen-bond acceptors (Lipinski definition) is 2. The molecule has 0 aromatic rings. The average Bonchev–Trinajstić information content (AvgIpc) is 2.61. The van der Waals surface area contributed by atoms with Crippen LogP contribution in [0.25, 0.3) is 0 Å². The summed E-state index contributed by atoms with van der Waals surface area (Å²) in [4.78, 5) is 11.9. The van der Waals surface area contributed by atoms with Gasteiger partial charge in [0.15, 0.2) is 0 Å². The molecule has 1 aliphatic carbocycles. The van der Waals surface area contributed by atoms with E-state index in [4.69, 9.17) is 10.4 Å². The minimum Gasteiger partial charge on any atom is -0.465 e. The zero-order valence-corrected chi connectivity index (χ0v) is 5.90. The quantitative estimate of drug-likeness (QED) is 0.554. The van der Waals surface area contributed by atoms with Crippen LogP contribution in [0.15, 0.2) is 0 Å². The fraction of sp³-hybridized carbons (Fsp3) is 0.714. The lowest BCUT2D eigenvalue weighted by molar-refractivity contribution is 0.140. The second kappa shape index (κ2) is 1.88. The Hall–Kier alpha value is -1.24. The predicted molar refractivity (Wildman–Crippen MR) is 35.8 cm³/mol. The van der Waals surface area contributed by atoms with E-state index in [9.17, 15) is 4.79 Å². The van der Waals surface area contributed by atoms with Gasteiger partial charge >= 0.3 is 6.09 Å². The maximum atomic E-state index is 10.6. The van der Waals surface area contributed by atoms with Crippen LogP contribution in [0.2, 0.25) is 0 Å². The van der Waals surface area contributed by atoms with Gasteiger partial charge in [-0.05, 0) is 18.8 Å². The van der Waals surface area contributed by atoms with Crippen LogP contribution in [0.4, 0.5) is 4.79 Å². The minimum absolute atomic E-state index is 0.164. The van der Waals surface area contributed by atoms with Crippen molar-refractivity contribution >= 4 is 6.09 Å². The Balaban J connectivity index is 2.16. The van der Waals surface area contributed by atoms with Crippen molar-refractivity contribution in [3.8, 4) is 6.07 Å². The third-order valence-corrected chi connectivity index (χ3v) is 2.47. The highest BCUT2D eigenvalue weighted by Gasteiger charge is 2.54. The molecule has 2 fully saturated rings. The van der Waals surface area contributed by atoms with Gasteiger partial charge in [0, 0.05) is 6.04 Å². The molecule has 4 nitrogen and oxygen atoms in total. The molecule has 3 atom stereocenters. The van der Waals surface area contributed by atoms with Crippen LogP contribution in [0, 0.1) is 17.2 Å². The lowest BCUT2D eigenvalue weighted by atomic mass is 10.2. The molecule has 1 heterocycles. The predicted octanol–water partition coefficient (Wildman–Crippen LogP) is 0.651. The molecule has 2 aliphatic rings. The summed E-state index contributed by atoms with van der Waals surface area (Å²) in [7, 11) is 0. The van der Waals surface area contributed by atoms with Crippen LogP contribution in [-0.4, -0.2) is 28.2 Å². The van der Waals surface area contributed by atoms with Crippen LogP contribution >= 0.6 is 0 Å². The molecule has 4 heteroatoms. The molecule has 1 aliphatic heterocycles. The van der Waals surface area contributed by atoms with Crippen molar-refractivity contribution in [3.63, 3.8) is 0 Å². The van der Waals surface area contributed by atoms with Crippen molar-refractivity contribution in [3.05, 3.63) is 0 Å². The standard InChI is InChI=1S/C7H8N2O2/c8-3-5-1-4-2-6(4)9(5)7(10)11/h4-6H,1-2H2,(H,10,11). The first-order chi connectivity index (χ1) is 5.24. The first-order valence-corrected chi connectivity index (χ1v) is 3.65. The smallest absolute Gasteiger partial charge is 0.408 e. The highest BCUT2D eigenvalue weighted by Crippen LogP contribution is 2.47. The summed E-state index contributed by atoms with van der Waals surface area (Å²) in [6, 6.07) is 1.79. The second-order valence-electron chi connectivity index (χ2n) is 3.13. The molecule has 1 saturated carbocycles. The number of rotatable bonds is 0. The van der Waals surface area contributed by atoms with Gasteiger partial charge in [-0.3, -0.25) is 4.90 Å². The Kier molecular flexibility index (Phi) is 1.10. The maximum absolute atomic E-state index is 10.6. The van der Waals surface area contributed by atoms with Gasteiger partial charge in [0.2, 0.25) is 0 Å². The number of fused-ring (bicyclic) bond motifs is 1. The van der Waals surface area contributed by atoms with E-state index >= 15 is 0 Å². The number of amides is 1. The second-order valence-corrected chi connectivity index (χ2v) is 3.13. The molecule has 0 aromatic heterocycles. The van der Waals surface area contributed by atoms with Crippen molar-refractivity contribution in [1.82, 2.24) is 4.90 Å². The van der Waals surface area contributed by atoms with Crippen LogP contribution < -0.4 is 0 Å². The van der Waals surface area contributed by atoms with Crippen LogP contribution in [0.5, 0.6) is 0 Å². The highest BCUT2D eigenvalue weighted by atomic mass is 16.4. The number of nitriles is 1. The summed E-state index contributed by atoms with van der Waals surface area (Å²) in [5.74, 6) is 0.482. The van der Waals surface area contributed by atoms with E-state index in [1.54, 1.807) is 0 Å². The lowest BCUT2D eigenvalue weighted by Crippen LogP contribution is -2.36. The molecule has 1 N–H and O–H groups in total. The SMILES string of the molecule is N#CC1CC2CC2N1C(=O)O. The zero-order chi connectivity index (χ0) is 8.01. The highest BCUT2D eigenvalue weighted by molar-refractivity contribution is 5.68. The Labute approximate surface area is 64.0 Å². The van der Waals surface area contributed by atoms with E-state index in [1.807, 2.05) is 6.07 Å². The third-order valence-electron chi connectivity index (χ3n) is 2.47. The number of carbonyl (C=O) groups is 1. The largest absolute Gasteiger partial charge is 0.465 e. The fourth-order valence-corrected chi connectivity index (χ4v) is 1.85. The Morgan fingerprint density at radius 2 is 2.36 bits per heavy atom. The van der Waals surface area contributed by atoms with Crippen LogP contribution in [0.3, 0.4) is 0 Å². The van der Waals surface area contributed by atoms with Crippen LogP contribution in [0.1, 0.15) is 12.8 Å². The van der Waals surface area contributed by atoms with E-state index in [0.717, 1.165) is 12.8 Å². The van der Waals surface area contributed by atoms with Crippen molar-refractivity contribution < 1.29 is 9.90 Å². The molecular formula is C7H8N2O2. The molecule has 11 heavy (non-hydrogen) atoms. The van der Waals surface area contributed by atoms with Gasteiger partial charge in [-0.15, -0.1) is 0 Å². The first kappa shape index (κ1) is 6.47. The third kappa shape index (κ3) is 0.773. The summed E-state index contributed by atoms with van der Waals surface area (Å²) in [5.41, 5.74) is 0. The van der Waals surface area contributed by atoms with E-state index in [1.165, 1.54) is 4.90 Å². The summed E-state index contributed by atoms with van der Waals surface area (Å²) in [6.45, 7) is 0. The van der Waals surface area contributed by atoms with E-state index in [2.05, 4.69) is 0 Å². The van der Waals surface area contributed by atoms with Gasteiger partial charge in [-0.25, -0.2) is 4.79 Å². The van der Waals surface area contributed by atoms with Gasteiger partial charge in [-0.2, -0.15) is 5.26 Å². The molecule has 1 amide bonds. The minimum atomic E-state index is -0.943. The first-order valence-electron chi connectivity index (χ1n) is 3.65. The number of nitrogens with zero attached hydrogens (tertiary/aromatic N) is 2. The Morgan fingerprint density at radius 1 is 1.64 bits per heavy atom. The molecule has 0 radical (unpaired) electrons. The number of likely N-dealkylation sites (tertiary alicyclic amines) is 1. The van der Waals surface area contributed by atoms with E-state index in [-0.39, 0.29) is 12.1 Å². The van der Waals surface area contributed by atoms with E-state index < -0.39 is 6.09 Å². The number of piperidine rings is 1. The van der Waals surface area contributed by atoms with Crippen LogP contribution in [-0.2, 0) is 0 Å². The van der Waals surface area contributed by atoms with Crippen molar-refractivity contribution in [2.45, 2.75) is 24.9 Å². The topological polar surface area (TPSA) is 64.3 Å².